The highest BCUT2D eigenvalue weighted by molar-refractivity contribution is 6.30. The molecule has 0 spiro atoms. The number of hydrogen-bond donors (Lipinski definition) is 1. The summed E-state index contributed by atoms with van der Waals surface area (Å²) in [6.07, 6.45) is -4.73. The molecular formula is C18H13ClF3N3O3. The number of fused-ring (bicyclic) bond motifs is 1. The smallest absolute Gasteiger partial charge is 0.324 e. The van der Waals surface area contributed by atoms with Gasteiger partial charge in [0.15, 0.2) is 0 Å². The van der Waals surface area contributed by atoms with E-state index >= 15 is 0 Å². The molecule has 2 aromatic carbocycles. The second kappa shape index (κ2) is 7.16. The lowest BCUT2D eigenvalue weighted by atomic mass is 10.1. The third-order valence-electron chi connectivity index (χ3n) is 4.11. The summed E-state index contributed by atoms with van der Waals surface area (Å²) < 4.78 is 41.4. The fourth-order valence-corrected chi connectivity index (χ4v) is 2.96. The van der Waals surface area contributed by atoms with Gasteiger partial charge in [0.2, 0.25) is 5.91 Å². The van der Waals surface area contributed by atoms with Crippen LogP contribution in [0, 0.1) is 0 Å². The van der Waals surface area contributed by atoms with Gasteiger partial charge >= 0.3 is 11.9 Å². The van der Waals surface area contributed by atoms with Crippen molar-refractivity contribution in [2.24, 2.45) is 7.05 Å². The molecule has 1 heterocycles. The Morgan fingerprint density at radius 2 is 1.82 bits per heavy atom. The highest BCUT2D eigenvalue weighted by atomic mass is 35.5. The van der Waals surface area contributed by atoms with Crippen molar-refractivity contribution >= 4 is 34.1 Å². The van der Waals surface area contributed by atoms with Crippen LogP contribution in [0.3, 0.4) is 0 Å². The fourth-order valence-electron chi connectivity index (χ4n) is 2.79. The van der Waals surface area contributed by atoms with Gasteiger partial charge in [-0.05, 0) is 30.3 Å². The summed E-state index contributed by atoms with van der Waals surface area (Å²) in [5.74, 6) is -0.862. The van der Waals surface area contributed by atoms with E-state index in [4.69, 9.17) is 11.6 Å². The summed E-state index contributed by atoms with van der Waals surface area (Å²) in [7, 11) is 1.26. The van der Waals surface area contributed by atoms with E-state index in [9.17, 15) is 27.6 Å². The Labute approximate surface area is 160 Å². The Morgan fingerprint density at radius 1 is 1.14 bits per heavy atom. The molecule has 6 nitrogen and oxygen atoms in total. The minimum Gasteiger partial charge on any atom is -0.324 e. The van der Waals surface area contributed by atoms with Gasteiger partial charge in [0.25, 0.3) is 5.56 Å². The minimum atomic E-state index is -4.73. The average Bonchev–Trinajstić information content (AvgIpc) is 2.64. The first-order valence-electron chi connectivity index (χ1n) is 7.95. The molecule has 3 aromatic rings. The molecular weight excluding hydrogens is 399 g/mol. The van der Waals surface area contributed by atoms with Gasteiger partial charge < -0.3 is 5.32 Å². The normalized spacial score (nSPS) is 11.6. The zero-order valence-electron chi connectivity index (χ0n) is 14.4. The molecule has 1 N–H and O–H groups in total. The second-order valence-corrected chi connectivity index (χ2v) is 6.42. The Hall–Kier alpha value is -3.07. The number of nitrogens with one attached hydrogen (secondary N) is 1. The van der Waals surface area contributed by atoms with E-state index in [1.54, 1.807) is 12.1 Å². The summed E-state index contributed by atoms with van der Waals surface area (Å²) in [4.78, 5) is 37.0. The number of rotatable bonds is 3. The van der Waals surface area contributed by atoms with Gasteiger partial charge in [-0.2, -0.15) is 13.2 Å². The van der Waals surface area contributed by atoms with Crippen molar-refractivity contribution in [3.8, 4) is 0 Å². The Bertz CT molecular complexity index is 1200. The molecule has 0 aliphatic heterocycles. The van der Waals surface area contributed by atoms with Crippen molar-refractivity contribution in [2.45, 2.75) is 12.7 Å². The Morgan fingerprint density at radius 3 is 2.50 bits per heavy atom. The van der Waals surface area contributed by atoms with E-state index in [0.29, 0.717) is 6.07 Å². The number of alkyl halides is 3. The van der Waals surface area contributed by atoms with Gasteiger partial charge in [-0.3, -0.25) is 18.7 Å². The van der Waals surface area contributed by atoms with E-state index in [-0.39, 0.29) is 15.9 Å². The third-order valence-corrected chi connectivity index (χ3v) is 4.35. The van der Waals surface area contributed by atoms with Crippen molar-refractivity contribution in [1.82, 2.24) is 9.13 Å². The SMILES string of the molecule is Cn1c(=O)c2ccccc2n(CC(=O)Nc2ccc(Cl)cc2C(F)(F)F)c1=O. The summed E-state index contributed by atoms with van der Waals surface area (Å²) in [6, 6.07) is 9.09. The van der Waals surface area contributed by atoms with E-state index in [1.807, 2.05) is 0 Å². The van der Waals surface area contributed by atoms with E-state index in [0.717, 1.165) is 15.2 Å². The number of amides is 1. The van der Waals surface area contributed by atoms with Crippen LogP contribution < -0.4 is 16.6 Å². The van der Waals surface area contributed by atoms with Crippen molar-refractivity contribution in [1.29, 1.82) is 0 Å². The number of aromatic nitrogens is 2. The molecule has 0 saturated heterocycles. The molecule has 0 fully saturated rings. The lowest BCUT2D eigenvalue weighted by Gasteiger charge is -2.15. The predicted molar refractivity (Wildman–Crippen MR) is 98.5 cm³/mol. The van der Waals surface area contributed by atoms with E-state index in [1.165, 1.54) is 25.2 Å². The first-order chi connectivity index (χ1) is 13.1. The molecule has 0 aliphatic carbocycles. The average molecular weight is 412 g/mol. The van der Waals surface area contributed by atoms with Gasteiger partial charge in [-0.1, -0.05) is 23.7 Å². The number of carbonyl (C=O) groups excluding carboxylic acids is 1. The number of carbonyl (C=O) groups is 1. The van der Waals surface area contributed by atoms with Crippen LogP contribution in [0.25, 0.3) is 10.9 Å². The van der Waals surface area contributed by atoms with Gasteiger partial charge in [-0.25, -0.2) is 4.79 Å². The molecule has 0 radical (unpaired) electrons. The van der Waals surface area contributed by atoms with Crippen LogP contribution in [-0.2, 0) is 24.6 Å². The van der Waals surface area contributed by atoms with Crippen LogP contribution in [0.15, 0.2) is 52.1 Å². The Balaban J connectivity index is 2.00. The van der Waals surface area contributed by atoms with Crippen LogP contribution >= 0.6 is 11.6 Å². The van der Waals surface area contributed by atoms with Crippen molar-refractivity contribution < 1.29 is 18.0 Å². The number of nitrogens with zero attached hydrogens (tertiary/aromatic N) is 2. The number of para-hydroxylation sites is 1. The maximum absolute atomic E-state index is 13.2. The number of anilines is 1. The molecule has 1 aromatic heterocycles. The summed E-state index contributed by atoms with van der Waals surface area (Å²) in [5.41, 5.74) is -2.67. The monoisotopic (exact) mass is 411 g/mol. The van der Waals surface area contributed by atoms with E-state index in [2.05, 4.69) is 5.32 Å². The topological polar surface area (TPSA) is 73.1 Å². The van der Waals surface area contributed by atoms with Crippen LogP contribution in [0.4, 0.5) is 18.9 Å². The molecule has 146 valence electrons. The predicted octanol–water partition coefficient (Wildman–Crippen LogP) is 3.01. The molecule has 10 heteroatoms. The van der Waals surface area contributed by atoms with Crippen molar-refractivity contribution in [3.05, 3.63) is 73.9 Å². The lowest BCUT2D eigenvalue weighted by Crippen LogP contribution is -2.40. The fraction of sp³-hybridized carbons (Fsp3) is 0.167. The maximum atomic E-state index is 13.2. The largest absolute Gasteiger partial charge is 0.418 e. The third kappa shape index (κ3) is 3.65. The summed E-state index contributed by atoms with van der Waals surface area (Å²) in [6.45, 7) is -0.576. The van der Waals surface area contributed by atoms with Gasteiger partial charge in [-0.15, -0.1) is 0 Å². The number of benzene rings is 2. The van der Waals surface area contributed by atoms with Gasteiger partial charge in [0.1, 0.15) is 6.54 Å². The Kier molecular flexibility index (Phi) is 5.03. The van der Waals surface area contributed by atoms with Crippen LogP contribution in [-0.4, -0.2) is 15.0 Å². The zero-order valence-corrected chi connectivity index (χ0v) is 15.1. The standard InChI is InChI=1S/C18H13ClF3N3O3/c1-24-16(27)11-4-2-3-5-14(11)25(17(24)28)9-15(26)23-13-7-6-10(19)8-12(13)18(20,21)22/h2-8H,9H2,1H3,(H,23,26). The molecule has 3 rings (SSSR count). The lowest BCUT2D eigenvalue weighted by molar-refractivity contribution is -0.137. The first-order valence-corrected chi connectivity index (χ1v) is 8.32. The quantitative estimate of drug-likeness (QED) is 0.720. The molecule has 0 unspecified atom stereocenters. The maximum Gasteiger partial charge on any atom is 0.418 e. The van der Waals surface area contributed by atoms with Crippen molar-refractivity contribution in [2.75, 3.05) is 5.32 Å². The summed E-state index contributed by atoms with van der Waals surface area (Å²) >= 11 is 5.62. The zero-order chi connectivity index (χ0) is 20.6. The van der Waals surface area contributed by atoms with Crippen molar-refractivity contribution in [3.63, 3.8) is 0 Å². The molecule has 28 heavy (non-hydrogen) atoms. The molecule has 0 aliphatic rings. The highest BCUT2D eigenvalue weighted by Gasteiger charge is 2.34. The molecule has 0 atom stereocenters. The van der Waals surface area contributed by atoms with E-state index < -0.39 is 41.1 Å². The minimum absolute atomic E-state index is 0.134. The number of halogens is 4. The molecule has 1 amide bonds. The van der Waals surface area contributed by atoms with Crippen LogP contribution in [0.5, 0.6) is 0 Å². The van der Waals surface area contributed by atoms with Gasteiger partial charge in [0.05, 0.1) is 22.2 Å². The van der Waals surface area contributed by atoms with Gasteiger partial charge in [0, 0.05) is 12.1 Å². The molecule has 0 bridgehead atoms. The first kappa shape index (κ1) is 19.7. The van der Waals surface area contributed by atoms with Crippen LogP contribution in [0.1, 0.15) is 5.56 Å². The number of hydrogen-bond acceptors (Lipinski definition) is 3. The molecule has 0 saturated carbocycles. The second-order valence-electron chi connectivity index (χ2n) is 5.99. The highest BCUT2D eigenvalue weighted by Crippen LogP contribution is 2.36. The summed E-state index contributed by atoms with van der Waals surface area (Å²) in [5, 5.41) is 2.23. The van der Waals surface area contributed by atoms with Crippen LogP contribution in [0.2, 0.25) is 5.02 Å².